The molecule has 2 aromatic carbocycles. The van der Waals surface area contributed by atoms with Crippen LogP contribution in [0.25, 0.3) is 0 Å². The Kier molecular flexibility index (Phi) is 5.88. The number of rotatable bonds is 6. The van der Waals surface area contributed by atoms with Crippen LogP contribution in [0.5, 0.6) is 0 Å². The van der Waals surface area contributed by atoms with E-state index in [2.05, 4.69) is 36.5 Å². The Morgan fingerprint density at radius 2 is 1.76 bits per heavy atom. The minimum Gasteiger partial charge on any atom is -0.351 e. The van der Waals surface area contributed by atoms with E-state index >= 15 is 0 Å². The molecule has 110 valence electrons. The van der Waals surface area contributed by atoms with Gasteiger partial charge in [0.05, 0.1) is 5.25 Å². The van der Waals surface area contributed by atoms with E-state index in [1.54, 1.807) is 11.8 Å². The Morgan fingerprint density at radius 1 is 1.10 bits per heavy atom. The molecule has 0 heterocycles. The Hall–Kier alpha value is -1.74. The summed E-state index contributed by atoms with van der Waals surface area (Å²) in [4.78, 5) is 13.4. The van der Waals surface area contributed by atoms with Gasteiger partial charge in [-0.1, -0.05) is 55.0 Å². The van der Waals surface area contributed by atoms with Crippen LogP contribution >= 0.6 is 11.8 Å². The van der Waals surface area contributed by atoms with Gasteiger partial charge < -0.3 is 5.32 Å². The molecule has 3 heteroatoms. The molecule has 0 saturated heterocycles. The Labute approximate surface area is 131 Å². The first-order valence-electron chi connectivity index (χ1n) is 7.24. The zero-order chi connectivity index (χ0) is 15.1. The van der Waals surface area contributed by atoms with Gasteiger partial charge in [-0.2, -0.15) is 0 Å². The highest BCUT2D eigenvalue weighted by molar-refractivity contribution is 8.00. The fourth-order valence-corrected chi connectivity index (χ4v) is 2.98. The van der Waals surface area contributed by atoms with Crippen LogP contribution in [-0.2, 0) is 11.3 Å². The average Bonchev–Trinajstić information content (AvgIpc) is 2.53. The van der Waals surface area contributed by atoms with Gasteiger partial charge in [-0.3, -0.25) is 4.79 Å². The predicted octanol–water partition coefficient (Wildman–Crippen LogP) is 4.18. The van der Waals surface area contributed by atoms with Crippen LogP contribution in [0, 0.1) is 6.92 Å². The highest BCUT2D eigenvalue weighted by Gasteiger charge is 2.17. The van der Waals surface area contributed by atoms with E-state index < -0.39 is 0 Å². The SMILES string of the molecule is CCC(Sc1ccc(C)cc1)C(=O)NCc1ccccc1. The lowest BCUT2D eigenvalue weighted by Crippen LogP contribution is -2.31. The molecule has 2 nitrogen and oxygen atoms in total. The first-order chi connectivity index (χ1) is 10.2. The van der Waals surface area contributed by atoms with Gasteiger partial charge in [0.25, 0.3) is 0 Å². The molecule has 1 unspecified atom stereocenters. The molecule has 0 aliphatic heterocycles. The number of hydrogen-bond acceptors (Lipinski definition) is 2. The second kappa shape index (κ2) is 7.89. The molecule has 0 fully saturated rings. The maximum atomic E-state index is 12.3. The van der Waals surface area contributed by atoms with Crippen LogP contribution in [0.3, 0.4) is 0 Å². The molecule has 1 amide bonds. The van der Waals surface area contributed by atoms with E-state index in [4.69, 9.17) is 0 Å². The fourth-order valence-electron chi connectivity index (χ4n) is 2.00. The van der Waals surface area contributed by atoms with Crippen molar-refractivity contribution >= 4 is 17.7 Å². The smallest absolute Gasteiger partial charge is 0.233 e. The van der Waals surface area contributed by atoms with E-state index in [-0.39, 0.29) is 11.2 Å². The number of amides is 1. The van der Waals surface area contributed by atoms with Crippen LogP contribution in [0.15, 0.2) is 59.5 Å². The summed E-state index contributed by atoms with van der Waals surface area (Å²) in [6.07, 6.45) is 0.819. The average molecular weight is 299 g/mol. The minimum absolute atomic E-state index is 0.0450. The van der Waals surface area contributed by atoms with Crippen LogP contribution in [0.4, 0.5) is 0 Å². The third-order valence-corrected chi connectivity index (χ3v) is 4.65. The zero-order valence-corrected chi connectivity index (χ0v) is 13.3. The third-order valence-electron chi connectivity index (χ3n) is 3.27. The number of aryl methyl sites for hydroxylation is 1. The molecule has 0 radical (unpaired) electrons. The summed E-state index contributed by atoms with van der Waals surface area (Å²) in [7, 11) is 0. The summed E-state index contributed by atoms with van der Waals surface area (Å²) in [6, 6.07) is 18.3. The summed E-state index contributed by atoms with van der Waals surface area (Å²) in [5, 5.41) is 2.98. The van der Waals surface area contributed by atoms with Gasteiger partial charge in [-0.05, 0) is 31.0 Å². The predicted molar refractivity (Wildman–Crippen MR) is 89.4 cm³/mol. The van der Waals surface area contributed by atoms with E-state index in [1.165, 1.54) is 5.56 Å². The van der Waals surface area contributed by atoms with E-state index in [0.717, 1.165) is 16.9 Å². The summed E-state index contributed by atoms with van der Waals surface area (Å²) in [5.41, 5.74) is 2.36. The Bertz CT molecular complexity index is 566. The number of carbonyl (C=O) groups excluding carboxylic acids is 1. The standard InChI is InChI=1S/C18H21NOS/c1-3-17(21-16-11-9-14(2)10-12-16)18(20)19-13-15-7-5-4-6-8-15/h4-12,17H,3,13H2,1-2H3,(H,19,20). The van der Waals surface area contributed by atoms with Gasteiger partial charge in [-0.15, -0.1) is 11.8 Å². The summed E-state index contributed by atoms with van der Waals surface area (Å²) in [6.45, 7) is 4.71. The van der Waals surface area contributed by atoms with Gasteiger partial charge in [0.2, 0.25) is 5.91 Å². The molecule has 0 spiro atoms. The van der Waals surface area contributed by atoms with Gasteiger partial charge >= 0.3 is 0 Å². The maximum absolute atomic E-state index is 12.3. The van der Waals surface area contributed by atoms with Crippen molar-refractivity contribution in [3.05, 3.63) is 65.7 Å². The number of thioether (sulfide) groups is 1. The van der Waals surface area contributed by atoms with Crippen molar-refractivity contribution in [2.75, 3.05) is 0 Å². The normalized spacial score (nSPS) is 11.9. The van der Waals surface area contributed by atoms with E-state index in [9.17, 15) is 4.79 Å². The van der Waals surface area contributed by atoms with Crippen molar-refractivity contribution in [3.63, 3.8) is 0 Å². The van der Waals surface area contributed by atoms with E-state index in [1.807, 2.05) is 37.3 Å². The second-order valence-corrected chi connectivity index (χ2v) is 6.31. The molecule has 21 heavy (non-hydrogen) atoms. The lowest BCUT2D eigenvalue weighted by atomic mass is 10.2. The van der Waals surface area contributed by atoms with Crippen LogP contribution in [-0.4, -0.2) is 11.2 Å². The van der Waals surface area contributed by atoms with Crippen molar-refractivity contribution in [1.82, 2.24) is 5.32 Å². The molecular formula is C18H21NOS. The molecule has 0 saturated carbocycles. The monoisotopic (exact) mass is 299 g/mol. The Morgan fingerprint density at radius 3 is 2.38 bits per heavy atom. The minimum atomic E-state index is -0.0450. The number of hydrogen-bond donors (Lipinski definition) is 1. The van der Waals surface area contributed by atoms with Crippen LogP contribution < -0.4 is 5.32 Å². The quantitative estimate of drug-likeness (QED) is 0.811. The molecule has 0 bridgehead atoms. The summed E-state index contributed by atoms with van der Waals surface area (Å²) < 4.78 is 0. The molecule has 2 aromatic rings. The summed E-state index contributed by atoms with van der Waals surface area (Å²) in [5.74, 6) is 0.104. The largest absolute Gasteiger partial charge is 0.351 e. The Balaban J connectivity index is 1.90. The molecule has 1 atom stereocenters. The molecule has 0 aliphatic rings. The topological polar surface area (TPSA) is 29.1 Å². The molecule has 0 aliphatic carbocycles. The van der Waals surface area contributed by atoms with Crippen LogP contribution in [0.1, 0.15) is 24.5 Å². The third kappa shape index (κ3) is 4.94. The van der Waals surface area contributed by atoms with Crippen molar-refractivity contribution in [3.8, 4) is 0 Å². The van der Waals surface area contributed by atoms with Crippen molar-refractivity contribution in [2.45, 2.75) is 37.0 Å². The number of benzene rings is 2. The first kappa shape index (κ1) is 15.6. The fraction of sp³-hybridized carbons (Fsp3) is 0.278. The van der Waals surface area contributed by atoms with Crippen molar-refractivity contribution < 1.29 is 4.79 Å². The lowest BCUT2D eigenvalue weighted by molar-refractivity contribution is -0.120. The zero-order valence-electron chi connectivity index (χ0n) is 12.5. The van der Waals surface area contributed by atoms with Crippen molar-refractivity contribution in [1.29, 1.82) is 0 Å². The molecule has 2 rings (SSSR count). The highest BCUT2D eigenvalue weighted by atomic mass is 32.2. The maximum Gasteiger partial charge on any atom is 0.233 e. The van der Waals surface area contributed by atoms with Gasteiger partial charge in [-0.25, -0.2) is 0 Å². The van der Waals surface area contributed by atoms with Gasteiger partial charge in [0.15, 0.2) is 0 Å². The molecule has 0 aromatic heterocycles. The highest BCUT2D eigenvalue weighted by Crippen LogP contribution is 2.25. The van der Waals surface area contributed by atoms with Crippen molar-refractivity contribution in [2.24, 2.45) is 0 Å². The van der Waals surface area contributed by atoms with E-state index in [0.29, 0.717) is 6.54 Å². The summed E-state index contributed by atoms with van der Waals surface area (Å²) >= 11 is 1.63. The second-order valence-electron chi connectivity index (χ2n) is 5.03. The molecule has 1 N–H and O–H groups in total. The van der Waals surface area contributed by atoms with Gasteiger partial charge in [0.1, 0.15) is 0 Å². The molecular weight excluding hydrogens is 278 g/mol. The lowest BCUT2D eigenvalue weighted by Gasteiger charge is -2.15. The first-order valence-corrected chi connectivity index (χ1v) is 8.12. The number of carbonyl (C=O) groups is 1. The van der Waals surface area contributed by atoms with Crippen LogP contribution in [0.2, 0.25) is 0 Å². The van der Waals surface area contributed by atoms with Gasteiger partial charge in [0, 0.05) is 11.4 Å². The number of nitrogens with one attached hydrogen (secondary N) is 1.